The number of nitrogens with two attached hydrogens (primary N) is 1. The fourth-order valence-corrected chi connectivity index (χ4v) is 2.53. The normalized spacial score (nSPS) is 29.3. The van der Waals surface area contributed by atoms with Gasteiger partial charge in [-0.1, -0.05) is 12.1 Å². The molecule has 1 fully saturated rings. The first-order chi connectivity index (χ1) is 8.31. The molecule has 0 aliphatic heterocycles. The molecule has 18 heavy (non-hydrogen) atoms. The number of alkyl halides is 3. The number of halogens is 3. The molecule has 2 unspecified atom stereocenters. The Hall–Kier alpha value is -1.07. The second kappa shape index (κ2) is 4.55. The smallest absolute Gasteiger partial charge is 0.385 e. The fourth-order valence-electron chi connectivity index (χ4n) is 2.53. The summed E-state index contributed by atoms with van der Waals surface area (Å²) in [5, 5.41) is 10.4. The van der Waals surface area contributed by atoms with Crippen LogP contribution >= 0.6 is 0 Å². The topological polar surface area (TPSA) is 46.2 Å². The van der Waals surface area contributed by atoms with E-state index in [1.807, 2.05) is 0 Å². The van der Waals surface area contributed by atoms with E-state index in [1.54, 1.807) is 0 Å². The van der Waals surface area contributed by atoms with Crippen LogP contribution < -0.4 is 5.73 Å². The number of hydrogen-bond acceptors (Lipinski definition) is 2. The number of hydrogen-bond donors (Lipinski definition) is 2. The van der Waals surface area contributed by atoms with E-state index in [4.69, 9.17) is 5.73 Å². The van der Waals surface area contributed by atoms with Gasteiger partial charge in [0.1, 0.15) is 0 Å². The van der Waals surface area contributed by atoms with Gasteiger partial charge in [0.25, 0.3) is 0 Å². The lowest BCUT2D eigenvalue weighted by molar-refractivity contribution is -0.137. The summed E-state index contributed by atoms with van der Waals surface area (Å²) in [4.78, 5) is 0. The predicted molar refractivity (Wildman–Crippen MR) is 61.8 cm³/mol. The lowest BCUT2D eigenvalue weighted by atomic mass is 9.77. The summed E-state index contributed by atoms with van der Waals surface area (Å²) in [5.74, 6) is 0. The Bertz CT molecular complexity index is 415. The van der Waals surface area contributed by atoms with Crippen molar-refractivity contribution in [3.8, 4) is 0 Å². The third kappa shape index (κ3) is 2.67. The number of rotatable bonds is 1. The fraction of sp³-hybridized carbons (Fsp3) is 0.538. The van der Waals surface area contributed by atoms with E-state index in [-0.39, 0.29) is 6.04 Å². The van der Waals surface area contributed by atoms with Crippen LogP contribution in [-0.2, 0) is 11.8 Å². The van der Waals surface area contributed by atoms with Crippen molar-refractivity contribution >= 4 is 0 Å². The van der Waals surface area contributed by atoms with Crippen LogP contribution in [0, 0.1) is 0 Å². The van der Waals surface area contributed by atoms with E-state index in [0.717, 1.165) is 25.0 Å². The highest BCUT2D eigenvalue weighted by Gasteiger charge is 2.36. The molecular weight excluding hydrogens is 243 g/mol. The van der Waals surface area contributed by atoms with E-state index in [2.05, 4.69) is 0 Å². The first kappa shape index (κ1) is 13.4. The van der Waals surface area contributed by atoms with Crippen molar-refractivity contribution in [2.24, 2.45) is 5.73 Å². The standard InChI is InChI=1S/C13H16F3NO/c14-13(15,16)10-5-3-9(4-6-10)12(18)7-1-2-11(17)8-12/h3-6,11,18H,1-2,7-8,17H2. The summed E-state index contributed by atoms with van der Waals surface area (Å²) in [6.07, 6.45) is -1.75. The zero-order valence-electron chi connectivity index (χ0n) is 9.87. The maximum atomic E-state index is 12.4. The van der Waals surface area contributed by atoms with Crippen molar-refractivity contribution in [2.45, 2.75) is 43.5 Å². The third-order valence-corrected chi connectivity index (χ3v) is 3.51. The number of benzene rings is 1. The molecule has 1 aliphatic carbocycles. The zero-order chi connectivity index (χ0) is 13.4. The maximum Gasteiger partial charge on any atom is 0.416 e. The van der Waals surface area contributed by atoms with Crippen LogP contribution in [-0.4, -0.2) is 11.1 Å². The molecule has 0 saturated heterocycles. The second-order valence-corrected chi connectivity index (χ2v) is 4.96. The van der Waals surface area contributed by atoms with Crippen molar-refractivity contribution in [1.82, 2.24) is 0 Å². The van der Waals surface area contributed by atoms with Crippen LogP contribution in [0.25, 0.3) is 0 Å². The largest absolute Gasteiger partial charge is 0.416 e. The van der Waals surface area contributed by atoms with Gasteiger partial charge in [0.05, 0.1) is 11.2 Å². The first-order valence-electron chi connectivity index (χ1n) is 5.97. The van der Waals surface area contributed by atoms with E-state index < -0.39 is 17.3 Å². The summed E-state index contributed by atoms with van der Waals surface area (Å²) in [5.41, 5.74) is 4.55. The van der Waals surface area contributed by atoms with Crippen molar-refractivity contribution in [1.29, 1.82) is 0 Å². The zero-order valence-corrected chi connectivity index (χ0v) is 9.87. The molecule has 0 amide bonds. The molecule has 0 heterocycles. The van der Waals surface area contributed by atoms with Gasteiger partial charge in [-0.2, -0.15) is 13.2 Å². The molecule has 2 rings (SSSR count). The summed E-state index contributed by atoms with van der Waals surface area (Å²) in [6.45, 7) is 0. The molecule has 1 aliphatic rings. The molecule has 0 radical (unpaired) electrons. The van der Waals surface area contributed by atoms with Gasteiger partial charge in [0, 0.05) is 6.04 Å². The van der Waals surface area contributed by atoms with Crippen molar-refractivity contribution < 1.29 is 18.3 Å². The molecule has 0 aromatic heterocycles. The highest BCUT2D eigenvalue weighted by molar-refractivity contribution is 5.29. The van der Waals surface area contributed by atoms with Gasteiger partial charge >= 0.3 is 6.18 Å². The molecule has 0 spiro atoms. The summed E-state index contributed by atoms with van der Waals surface area (Å²) in [6, 6.07) is 4.62. The van der Waals surface area contributed by atoms with Crippen molar-refractivity contribution in [3.05, 3.63) is 35.4 Å². The molecule has 1 saturated carbocycles. The SMILES string of the molecule is NC1CCCC(O)(c2ccc(C(F)(F)F)cc2)C1. The van der Waals surface area contributed by atoms with Gasteiger partial charge in [-0.25, -0.2) is 0 Å². The molecule has 2 nitrogen and oxygen atoms in total. The average molecular weight is 259 g/mol. The van der Waals surface area contributed by atoms with Crippen molar-refractivity contribution in [3.63, 3.8) is 0 Å². The van der Waals surface area contributed by atoms with Gasteiger partial charge in [0.15, 0.2) is 0 Å². The average Bonchev–Trinajstić information content (AvgIpc) is 2.28. The summed E-state index contributed by atoms with van der Waals surface area (Å²) in [7, 11) is 0. The van der Waals surface area contributed by atoms with Crippen LogP contribution in [0.15, 0.2) is 24.3 Å². The van der Waals surface area contributed by atoms with Gasteiger partial charge in [0.2, 0.25) is 0 Å². The minimum atomic E-state index is -4.34. The van der Waals surface area contributed by atoms with Crippen molar-refractivity contribution in [2.75, 3.05) is 0 Å². The van der Waals surface area contributed by atoms with Crippen LogP contribution in [0.3, 0.4) is 0 Å². The maximum absolute atomic E-state index is 12.4. The Balaban J connectivity index is 2.23. The Morgan fingerprint density at radius 2 is 1.83 bits per heavy atom. The lowest BCUT2D eigenvalue weighted by Gasteiger charge is -2.35. The van der Waals surface area contributed by atoms with Crippen LogP contribution in [0.2, 0.25) is 0 Å². The Morgan fingerprint density at radius 1 is 1.22 bits per heavy atom. The quantitative estimate of drug-likeness (QED) is 0.814. The molecule has 5 heteroatoms. The first-order valence-corrected chi connectivity index (χ1v) is 5.97. The summed E-state index contributed by atoms with van der Waals surface area (Å²) >= 11 is 0. The molecule has 1 aromatic rings. The van der Waals surface area contributed by atoms with E-state index in [9.17, 15) is 18.3 Å². The van der Waals surface area contributed by atoms with E-state index in [1.165, 1.54) is 12.1 Å². The lowest BCUT2D eigenvalue weighted by Crippen LogP contribution is -2.39. The van der Waals surface area contributed by atoms with Gasteiger partial charge in [-0.05, 0) is 43.4 Å². The second-order valence-electron chi connectivity index (χ2n) is 4.96. The van der Waals surface area contributed by atoms with Gasteiger partial charge < -0.3 is 10.8 Å². The molecular formula is C13H16F3NO. The predicted octanol–water partition coefficient (Wildman–Crippen LogP) is 2.79. The minimum Gasteiger partial charge on any atom is -0.385 e. The van der Waals surface area contributed by atoms with E-state index >= 15 is 0 Å². The van der Waals surface area contributed by atoms with E-state index in [0.29, 0.717) is 18.4 Å². The Morgan fingerprint density at radius 3 is 2.33 bits per heavy atom. The molecule has 2 atom stereocenters. The molecule has 3 N–H and O–H groups in total. The highest BCUT2D eigenvalue weighted by Crippen LogP contribution is 2.38. The Kier molecular flexibility index (Phi) is 3.38. The number of aliphatic hydroxyl groups is 1. The highest BCUT2D eigenvalue weighted by atomic mass is 19.4. The monoisotopic (exact) mass is 259 g/mol. The molecule has 0 bridgehead atoms. The third-order valence-electron chi connectivity index (χ3n) is 3.51. The van der Waals surface area contributed by atoms with Gasteiger partial charge in [-0.3, -0.25) is 0 Å². The summed E-state index contributed by atoms with van der Waals surface area (Å²) < 4.78 is 37.3. The van der Waals surface area contributed by atoms with Crippen LogP contribution in [0.1, 0.15) is 36.8 Å². The van der Waals surface area contributed by atoms with Crippen LogP contribution in [0.5, 0.6) is 0 Å². The molecule has 1 aromatic carbocycles. The van der Waals surface area contributed by atoms with Gasteiger partial charge in [-0.15, -0.1) is 0 Å². The minimum absolute atomic E-state index is 0.0916. The Labute approximate surface area is 104 Å². The van der Waals surface area contributed by atoms with Crippen LogP contribution in [0.4, 0.5) is 13.2 Å². The molecule has 100 valence electrons.